The molecule has 2 aromatic heterocycles. The van der Waals surface area contributed by atoms with Crippen LogP contribution in [0.15, 0.2) is 94.7 Å². The van der Waals surface area contributed by atoms with E-state index in [-0.39, 0.29) is 59.6 Å². The van der Waals surface area contributed by atoms with Gasteiger partial charge in [-0.1, -0.05) is 61.6 Å². The maximum Gasteiger partial charge on any atom is 0.346 e. The third-order valence-electron chi connectivity index (χ3n) is 22.0. The Hall–Kier alpha value is -13.4. The number of hydrogen-bond acceptors (Lipinski definition) is 36. The van der Waals surface area contributed by atoms with E-state index in [4.69, 9.17) is 4.74 Å². The van der Waals surface area contributed by atoms with Crippen LogP contribution < -0.4 is 22.5 Å². The Labute approximate surface area is 628 Å². The zero-order valence-corrected chi connectivity index (χ0v) is 58.5. The molecule has 12 heterocycles. The molecular formula is C77H56O36. The molecule has 0 bridgehead atoms. The fourth-order valence-electron chi connectivity index (χ4n) is 16.3. The van der Waals surface area contributed by atoms with Gasteiger partial charge in [-0.3, -0.25) is 76.7 Å². The molecule has 36 heteroatoms. The van der Waals surface area contributed by atoms with Gasteiger partial charge in [0, 0.05) is 0 Å². The minimum atomic E-state index is -0.846. The Balaban J connectivity index is 0.000000115. The van der Waals surface area contributed by atoms with Crippen molar-refractivity contribution in [1.82, 2.24) is 0 Å². The van der Waals surface area contributed by atoms with E-state index in [0.717, 1.165) is 91.3 Å². The molecule has 10 fully saturated rings. The summed E-state index contributed by atoms with van der Waals surface area (Å²) in [5.74, 6) is -21.7. The maximum atomic E-state index is 12.0. The summed E-state index contributed by atoms with van der Waals surface area (Å²) >= 11 is 0. The van der Waals surface area contributed by atoms with Gasteiger partial charge in [-0.15, -0.1) is 0 Å². The fourth-order valence-corrected chi connectivity index (χ4v) is 16.3. The highest BCUT2D eigenvalue weighted by Gasteiger charge is 2.73. The van der Waals surface area contributed by atoms with Gasteiger partial charge in [-0.25, -0.2) is 38.4 Å². The van der Waals surface area contributed by atoms with Crippen molar-refractivity contribution in [2.24, 2.45) is 71.0 Å². The van der Waals surface area contributed by atoms with Crippen molar-refractivity contribution in [1.29, 1.82) is 0 Å². The van der Waals surface area contributed by atoms with E-state index in [9.17, 15) is 115 Å². The Morgan fingerprint density at radius 3 is 0.938 bits per heavy atom. The largest absolute Gasteiger partial charge is 0.393 e. The van der Waals surface area contributed by atoms with Crippen molar-refractivity contribution in [2.75, 3.05) is 0 Å². The second-order valence-corrected chi connectivity index (χ2v) is 28.6. The first-order valence-electron chi connectivity index (χ1n) is 35.4. The fraction of sp³-hybridized carbons (Fsp3) is 0.377. The number of benzene rings is 4. The zero-order chi connectivity index (χ0) is 80.6. The third kappa shape index (κ3) is 14.4. The molecule has 580 valence electrons. The van der Waals surface area contributed by atoms with Gasteiger partial charge >= 0.3 is 142 Å². The van der Waals surface area contributed by atoms with E-state index < -0.39 is 219 Å². The molecule has 4 aromatic carbocycles. The van der Waals surface area contributed by atoms with Crippen LogP contribution in [-0.4, -0.2) is 119 Å². The number of hydrogen-bond donors (Lipinski definition) is 0. The van der Waals surface area contributed by atoms with Crippen LogP contribution in [-0.2, 0) is 137 Å². The van der Waals surface area contributed by atoms with Crippen LogP contribution in [0.2, 0.25) is 0 Å². The molecule has 0 N–H and O–H groups in total. The van der Waals surface area contributed by atoms with E-state index in [0.29, 0.717) is 28.7 Å². The lowest BCUT2D eigenvalue weighted by Gasteiger charge is -2.33. The smallest absolute Gasteiger partial charge is 0.346 e. The molecule has 0 radical (unpaired) electrons. The topological polar surface area (TPSA) is 528 Å². The Kier molecular flexibility index (Phi) is 20.3. The lowest BCUT2D eigenvalue weighted by molar-refractivity contribution is -0.158. The summed E-state index contributed by atoms with van der Waals surface area (Å²) in [6, 6.07) is 18.6. The summed E-state index contributed by atoms with van der Waals surface area (Å²) in [5, 5.41) is -0.0726. The first kappa shape index (κ1) is 76.3. The molecule has 113 heavy (non-hydrogen) atoms. The van der Waals surface area contributed by atoms with Crippen LogP contribution >= 0.6 is 0 Å². The van der Waals surface area contributed by atoms with E-state index >= 15 is 0 Å². The van der Waals surface area contributed by atoms with E-state index in [1.807, 2.05) is 37.3 Å². The third-order valence-corrected chi connectivity index (χ3v) is 22.0. The van der Waals surface area contributed by atoms with Gasteiger partial charge in [0.25, 0.3) is 0 Å². The highest BCUT2D eigenvalue weighted by Crippen LogP contribution is 2.55. The molecule has 2 saturated carbocycles. The molecule has 6 aromatic rings. The molecule has 3 aliphatic carbocycles. The summed E-state index contributed by atoms with van der Waals surface area (Å²) in [4.78, 5) is 271. The van der Waals surface area contributed by atoms with E-state index in [1.54, 1.807) is 24.3 Å². The number of cyclic esters (lactones) is 20. The second-order valence-electron chi connectivity index (χ2n) is 28.6. The number of fused-ring (bicyclic) bond motifs is 13. The number of carbonyl (C=O) groups excluding carboxylic acids is 20. The normalized spacial score (nSPS) is 27.4. The predicted octanol–water partition coefficient (Wildman–Crippen LogP) is 2.49. The Morgan fingerprint density at radius 2 is 0.575 bits per heavy atom. The summed E-state index contributed by atoms with van der Waals surface area (Å²) in [7, 11) is 0. The van der Waals surface area contributed by atoms with Crippen molar-refractivity contribution in [3.63, 3.8) is 0 Å². The Morgan fingerprint density at radius 1 is 0.265 bits per heavy atom. The lowest BCUT2D eigenvalue weighted by Crippen LogP contribution is -2.50. The summed E-state index contributed by atoms with van der Waals surface area (Å²) in [6.45, 7) is 1.90. The van der Waals surface area contributed by atoms with Crippen molar-refractivity contribution in [3.8, 4) is 0 Å². The van der Waals surface area contributed by atoms with Crippen molar-refractivity contribution >= 4 is 141 Å². The standard InChI is InChI=1S/C24H22O6.C17H14O6.C10H8O6.C10H2O6.C8H4O6.C8H6O6/c25-21-17-11-9-15(13-19(17)23(27)29-21)7-5-3-1-2-4-6-8-16-10-12-18-20(14-16)24(28)30-22(18)26;1-7-2-3-8-9(11-6-13(18)22-15(11)19)5-12-14(10(8)4-7)17(21)23-16(12)20;2*11-7-3-1-4-6(10(14)16-8(4)12)2-5(3)9(13)15-7;9-5-1-2(6(10)13-5)4-3(1)7(11)14-8(4)12;9-5-1-3(7(11)13-5)4-2-6(10)14-8(4)12/h9-14H,1-8H2;2-4,9,11-12,14H,5-6H2,1H3;3-6H,1-2H2;1-2H;1-4H;3-4H,1-2H2. The molecule has 13 aliphatic rings. The van der Waals surface area contributed by atoms with E-state index in [1.165, 1.54) is 0 Å². The van der Waals surface area contributed by atoms with Crippen molar-refractivity contribution in [2.45, 2.75) is 109 Å². The molecule has 8 saturated heterocycles. The van der Waals surface area contributed by atoms with Gasteiger partial charge in [0.1, 0.15) is 0 Å². The average Bonchev–Trinajstić information content (AvgIpc) is 1.55. The lowest BCUT2D eigenvalue weighted by atomic mass is 9.59. The average molecular weight is 1560 g/mol. The number of unbranched alkanes of at least 4 members (excludes halogenated alkanes) is 5. The van der Waals surface area contributed by atoms with Crippen LogP contribution in [0.4, 0.5) is 0 Å². The molecular weight excluding hydrogens is 1500 g/mol. The summed E-state index contributed by atoms with van der Waals surface area (Å²) in [6.07, 6.45) is 8.69. The van der Waals surface area contributed by atoms with Crippen molar-refractivity contribution in [3.05, 3.63) is 158 Å². The summed E-state index contributed by atoms with van der Waals surface area (Å²) < 4.78 is 53.6. The molecule has 0 spiro atoms. The van der Waals surface area contributed by atoms with Gasteiger partial charge in [0.2, 0.25) is 0 Å². The monoisotopic (exact) mass is 1560 g/mol. The summed E-state index contributed by atoms with van der Waals surface area (Å²) in [5.41, 5.74) is 2.79. The Bertz CT molecular complexity index is 5130. The highest BCUT2D eigenvalue weighted by atomic mass is 16.6. The molecule has 19 rings (SSSR count). The minimum absolute atomic E-state index is 0.0111. The minimum Gasteiger partial charge on any atom is -0.393 e. The van der Waals surface area contributed by atoms with Crippen LogP contribution in [0.5, 0.6) is 0 Å². The van der Waals surface area contributed by atoms with Crippen LogP contribution in [0.3, 0.4) is 0 Å². The number of carbonyl (C=O) groups is 20. The van der Waals surface area contributed by atoms with Gasteiger partial charge in [-0.2, -0.15) is 0 Å². The molecule has 10 atom stereocenters. The van der Waals surface area contributed by atoms with Gasteiger partial charge in [-0.05, 0) is 116 Å². The molecule has 10 unspecified atom stereocenters. The molecule has 10 aliphatic heterocycles. The predicted molar refractivity (Wildman–Crippen MR) is 356 cm³/mol. The number of furan rings is 2. The number of esters is 20. The number of rotatable bonds is 11. The van der Waals surface area contributed by atoms with Crippen molar-refractivity contribution < 1.29 is 152 Å². The number of aryl methyl sites for hydroxylation is 3. The first-order chi connectivity index (χ1) is 53.8. The van der Waals surface area contributed by atoms with Gasteiger partial charge < -0.3 is 56.2 Å². The molecule has 0 amide bonds. The number of ether oxygens (including phenoxy) is 10. The van der Waals surface area contributed by atoms with Gasteiger partial charge in [0.15, 0.2) is 0 Å². The zero-order valence-electron chi connectivity index (χ0n) is 58.5. The SMILES string of the molecule is Cc1ccc2c(c1)C1C(=O)OC(=O)C1CC2C1CC(=O)OC1=O.O=C1CC(C2CC(=O)OC2=O)C(=O)O1.O=C1OC(=O)C2C1C1C(=O)OC(=O)C21.O=C1OC(=O)C2CC3C(=O)OC(=O)C3CC12.O=C1OC(=O)c2cc(CCCCCCCCc3ccc4c(c3)C(=O)OC4=O)ccc21.O=c1oc(=O)c2cc3c(=O)oc(=O)c3cc12. The van der Waals surface area contributed by atoms with Gasteiger partial charge in [0.05, 0.1) is 140 Å². The van der Waals surface area contributed by atoms with E-state index in [2.05, 4.69) is 51.5 Å². The van der Waals surface area contributed by atoms with Crippen LogP contribution in [0.25, 0.3) is 21.5 Å². The highest BCUT2D eigenvalue weighted by molar-refractivity contribution is 6.16. The quantitative estimate of drug-likeness (QED) is 0.0778. The second kappa shape index (κ2) is 30.1. The van der Waals surface area contributed by atoms with Crippen LogP contribution in [0.1, 0.15) is 158 Å². The first-order valence-corrected chi connectivity index (χ1v) is 35.4. The molecule has 36 nitrogen and oxygen atoms in total. The van der Waals surface area contributed by atoms with Crippen LogP contribution in [0, 0.1) is 77.9 Å². The maximum absolute atomic E-state index is 12.0.